The summed E-state index contributed by atoms with van der Waals surface area (Å²) in [6.07, 6.45) is 3.45. The second-order valence-corrected chi connectivity index (χ2v) is 6.85. The number of nitrogens with two attached hydrogens (primary N) is 1. The molecule has 1 aliphatic heterocycles. The Hall–Kier alpha value is -2.35. The molecule has 134 valence electrons. The summed E-state index contributed by atoms with van der Waals surface area (Å²) < 4.78 is 22.0. The fourth-order valence-corrected chi connectivity index (χ4v) is 3.73. The van der Waals surface area contributed by atoms with Crippen LogP contribution in [0.15, 0.2) is 15.7 Å². The van der Waals surface area contributed by atoms with Crippen molar-refractivity contribution in [2.45, 2.75) is 37.8 Å². The van der Waals surface area contributed by atoms with Crippen molar-refractivity contribution in [1.82, 2.24) is 9.55 Å². The van der Waals surface area contributed by atoms with Gasteiger partial charge in [-0.05, 0) is 31.7 Å². The average molecular weight is 348 g/mol. The largest absolute Gasteiger partial charge is 0.492 e. The summed E-state index contributed by atoms with van der Waals surface area (Å²) in [5, 5.41) is 0.130. The Morgan fingerprint density at radius 3 is 2.72 bits per heavy atom. The van der Waals surface area contributed by atoms with E-state index in [9.17, 15) is 14.0 Å². The highest BCUT2D eigenvalue weighted by Gasteiger charge is 2.32. The summed E-state index contributed by atoms with van der Waals surface area (Å²) in [5.41, 5.74) is 5.61. The number of ether oxygens (including phenoxy) is 1. The molecule has 2 heterocycles. The predicted octanol–water partition coefficient (Wildman–Crippen LogP) is 1.10. The SMILES string of the molecule is COc1c(N2CCCC(N)C2)c(F)cc2c(=O)[nH]c(=O)n(C3CC3)c12. The molecule has 0 radical (unpaired) electrons. The fourth-order valence-electron chi connectivity index (χ4n) is 3.73. The number of H-pyrrole nitrogens is 1. The van der Waals surface area contributed by atoms with Gasteiger partial charge in [-0.2, -0.15) is 0 Å². The zero-order valence-electron chi connectivity index (χ0n) is 14.0. The van der Waals surface area contributed by atoms with Crippen LogP contribution in [0.2, 0.25) is 0 Å². The van der Waals surface area contributed by atoms with Gasteiger partial charge in [-0.25, -0.2) is 9.18 Å². The van der Waals surface area contributed by atoms with Crippen molar-refractivity contribution in [3.63, 3.8) is 0 Å². The number of halogens is 1. The normalized spacial score (nSPS) is 20.9. The standard InChI is InChI=1S/C17H21FN4O3/c1-25-15-13-11(16(23)20-17(24)22(13)10-4-5-10)7-12(18)14(15)21-6-2-3-9(19)8-21/h7,9-10H,2-6,8,19H2,1H3,(H,20,23,24). The van der Waals surface area contributed by atoms with E-state index in [0.717, 1.165) is 25.7 Å². The Balaban J connectivity index is 2.04. The van der Waals surface area contributed by atoms with E-state index < -0.39 is 17.1 Å². The van der Waals surface area contributed by atoms with Crippen LogP contribution in [-0.2, 0) is 0 Å². The van der Waals surface area contributed by atoms with E-state index in [2.05, 4.69) is 4.98 Å². The molecular weight excluding hydrogens is 327 g/mol. The number of fused-ring (bicyclic) bond motifs is 1. The van der Waals surface area contributed by atoms with Crippen molar-refractivity contribution in [2.24, 2.45) is 5.73 Å². The van der Waals surface area contributed by atoms with Crippen molar-refractivity contribution in [3.05, 3.63) is 32.7 Å². The number of methoxy groups -OCH3 is 1. The molecule has 8 heteroatoms. The molecule has 3 N–H and O–H groups in total. The molecule has 1 saturated heterocycles. The number of piperidine rings is 1. The van der Waals surface area contributed by atoms with Crippen LogP contribution in [0.5, 0.6) is 5.75 Å². The van der Waals surface area contributed by atoms with Crippen LogP contribution >= 0.6 is 0 Å². The molecule has 0 spiro atoms. The lowest BCUT2D eigenvalue weighted by Crippen LogP contribution is -2.43. The maximum Gasteiger partial charge on any atom is 0.329 e. The highest BCUT2D eigenvalue weighted by Crippen LogP contribution is 2.42. The Bertz CT molecular complexity index is 948. The first-order valence-electron chi connectivity index (χ1n) is 8.56. The Morgan fingerprint density at radius 1 is 1.32 bits per heavy atom. The fraction of sp³-hybridized carbons (Fsp3) is 0.529. The van der Waals surface area contributed by atoms with Crippen LogP contribution in [0.4, 0.5) is 10.1 Å². The number of aromatic nitrogens is 2. The van der Waals surface area contributed by atoms with E-state index in [4.69, 9.17) is 10.5 Å². The van der Waals surface area contributed by atoms with Gasteiger partial charge in [0.15, 0.2) is 11.6 Å². The van der Waals surface area contributed by atoms with Gasteiger partial charge in [0.05, 0.1) is 12.5 Å². The Labute approximate surface area is 143 Å². The smallest absolute Gasteiger partial charge is 0.329 e. The number of nitrogens with zero attached hydrogens (tertiary/aromatic N) is 2. The van der Waals surface area contributed by atoms with E-state index in [0.29, 0.717) is 18.6 Å². The van der Waals surface area contributed by atoms with Crippen LogP contribution in [0.25, 0.3) is 10.9 Å². The van der Waals surface area contributed by atoms with Gasteiger partial charge in [0.1, 0.15) is 11.2 Å². The van der Waals surface area contributed by atoms with Crippen molar-refractivity contribution >= 4 is 16.6 Å². The Morgan fingerprint density at radius 2 is 2.08 bits per heavy atom. The van der Waals surface area contributed by atoms with Gasteiger partial charge >= 0.3 is 5.69 Å². The lowest BCUT2D eigenvalue weighted by Gasteiger charge is -2.34. The predicted molar refractivity (Wildman–Crippen MR) is 93.0 cm³/mol. The molecule has 1 saturated carbocycles. The van der Waals surface area contributed by atoms with E-state index >= 15 is 0 Å². The maximum atomic E-state index is 14.9. The molecule has 1 aromatic carbocycles. The van der Waals surface area contributed by atoms with Crippen LogP contribution in [0.1, 0.15) is 31.7 Å². The van der Waals surface area contributed by atoms with E-state index in [1.54, 1.807) is 0 Å². The molecule has 1 atom stereocenters. The number of anilines is 1. The monoisotopic (exact) mass is 348 g/mol. The average Bonchev–Trinajstić information content (AvgIpc) is 3.39. The second-order valence-electron chi connectivity index (χ2n) is 6.85. The summed E-state index contributed by atoms with van der Waals surface area (Å²) in [7, 11) is 1.44. The molecule has 0 bridgehead atoms. The first-order chi connectivity index (χ1) is 12.0. The topological polar surface area (TPSA) is 93.3 Å². The zero-order chi connectivity index (χ0) is 17.7. The molecule has 2 fully saturated rings. The maximum absolute atomic E-state index is 14.9. The minimum atomic E-state index is -0.601. The molecule has 1 aromatic heterocycles. The number of benzene rings is 1. The minimum Gasteiger partial charge on any atom is -0.492 e. The Kier molecular flexibility index (Phi) is 3.79. The number of nitrogens with one attached hydrogen (secondary N) is 1. The van der Waals surface area contributed by atoms with Gasteiger partial charge < -0.3 is 15.4 Å². The number of rotatable bonds is 3. The lowest BCUT2D eigenvalue weighted by molar-refractivity contribution is 0.408. The molecule has 25 heavy (non-hydrogen) atoms. The van der Waals surface area contributed by atoms with Gasteiger partial charge in [0.2, 0.25) is 0 Å². The molecule has 4 rings (SSSR count). The van der Waals surface area contributed by atoms with E-state index in [1.807, 2.05) is 4.90 Å². The third-order valence-electron chi connectivity index (χ3n) is 5.00. The molecule has 1 unspecified atom stereocenters. The third kappa shape index (κ3) is 2.60. The quantitative estimate of drug-likeness (QED) is 0.866. The van der Waals surface area contributed by atoms with Gasteiger partial charge in [-0.3, -0.25) is 14.3 Å². The third-order valence-corrected chi connectivity index (χ3v) is 5.00. The minimum absolute atomic E-state index is 0.0164. The summed E-state index contributed by atoms with van der Waals surface area (Å²) in [5.74, 6) is -0.302. The van der Waals surface area contributed by atoms with Crippen LogP contribution in [0.3, 0.4) is 0 Å². The summed E-state index contributed by atoms with van der Waals surface area (Å²) in [6, 6.07) is 1.17. The highest BCUT2D eigenvalue weighted by molar-refractivity contribution is 5.91. The van der Waals surface area contributed by atoms with Gasteiger partial charge in [-0.1, -0.05) is 0 Å². The molecular formula is C17H21FN4O3. The molecule has 1 aliphatic carbocycles. The zero-order valence-corrected chi connectivity index (χ0v) is 14.0. The van der Waals surface area contributed by atoms with Crippen molar-refractivity contribution in [2.75, 3.05) is 25.1 Å². The highest BCUT2D eigenvalue weighted by atomic mass is 19.1. The molecule has 0 amide bonds. The summed E-state index contributed by atoms with van der Waals surface area (Å²) in [6.45, 7) is 1.17. The van der Waals surface area contributed by atoms with Gasteiger partial charge in [0.25, 0.3) is 5.56 Å². The van der Waals surface area contributed by atoms with Gasteiger partial charge in [-0.15, -0.1) is 0 Å². The summed E-state index contributed by atoms with van der Waals surface area (Å²) >= 11 is 0. The number of aromatic amines is 1. The molecule has 2 aliphatic rings. The summed E-state index contributed by atoms with van der Waals surface area (Å²) in [4.78, 5) is 28.7. The molecule has 2 aromatic rings. The van der Waals surface area contributed by atoms with E-state index in [-0.39, 0.29) is 28.9 Å². The van der Waals surface area contributed by atoms with E-state index in [1.165, 1.54) is 17.7 Å². The van der Waals surface area contributed by atoms with Crippen LogP contribution in [0, 0.1) is 5.82 Å². The van der Waals surface area contributed by atoms with Gasteiger partial charge in [0, 0.05) is 25.2 Å². The lowest BCUT2D eigenvalue weighted by atomic mass is 10.0. The van der Waals surface area contributed by atoms with Crippen LogP contribution in [-0.4, -0.2) is 35.8 Å². The number of hydrogen-bond donors (Lipinski definition) is 2. The molecule has 7 nitrogen and oxygen atoms in total. The van der Waals surface area contributed by atoms with Crippen molar-refractivity contribution in [3.8, 4) is 5.75 Å². The van der Waals surface area contributed by atoms with Crippen molar-refractivity contribution < 1.29 is 9.13 Å². The van der Waals surface area contributed by atoms with Crippen molar-refractivity contribution in [1.29, 1.82) is 0 Å². The van der Waals surface area contributed by atoms with Crippen LogP contribution < -0.4 is 26.6 Å². The second kappa shape index (κ2) is 5.87. The first-order valence-corrected chi connectivity index (χ1v) is 8.56. The first kappa shape index (κ1) is 16.1. The number of hydrogen-bond acceptors (Lipinski definition) is 5.